The Hall–Kier alpha value is -1.80. The van der Waals surface area contributed by atoms with E-state index < -0.39 is 0 Å². The first kappa shape index (κ1) is 11.3. The molecule has 0 aliphatic carbocycles. The predicted octanol–water partition coefficient (Wildman–Crippen LogP) is 2.75. The molecule has 0 radical (unpaired) electrons. The van der Waals surface area contributed by atoms with Gasteiger partial charge in [0.2, 0.25) is 0 Å². The molecule has 2 heteroatoms. The van der Waals surface area contributed by atoms with Crippen LogP contribution in [0.5, 0.6) is 0 Å². The zero-order valence-corrected chi connectivity index (χ0v) is 10.4. The lowest BCUT2D eigenvalue weighted by molar-refractivity contribution is 0.525. The van der Waals surface area contributed by atoms with Crippen LogP contribution in [0.2, 0.25) is 0 Å². The van der Waals surface area contributed by atoms with E-state index in [1.165, 1.54) is 16.8 Å². The SMILES string of the molecule is NCc1ccc(N2CC(c3ccccc3)C2)cc1. The van der Waals surface area contributed by atoms with Gasteiger partial charge in [-0.25, -0.2) is 0 Å². The largest absolute Gasteiger partial charge is 0.370 e. The Balaban J connectivity index is 1.64. The second kappa shape index (κ2) is 4.83. The average molecular weight is 238 g/mol. The Kier molecular flexibility index (Phi) is 3.03. The molecule has 2 aromatic carbocycles. The van der Waals surface area contributed by atoms with E-state index in [1.807, 2.05) is 0 Å². The topological polar surface area (TPSA) is 29.3 Å². The van der Waals surface area contributed by atoms with Gasteiger partial charge in [0.1, 0.15) is 0 Å². The van der Waals surface area contributed by atoms with Gasteiger partial charge in [0, 0.05) is 31.2 Å². The summed E-state index contributed by atoms with van der Waals surface area (Å²) in [4.78, 5) is 2.41. The van der Waals surface area contributed by atoms with E-state index in [0.29, 0.717) is 12.5 Å². The van der Waals surface area contributed by atoms with E-state index in [1.54, 1.807) is 0 Å². The lowest BCUT2D eigenvalue weighted by Crippen LogP contribution is -2.45. The molecule has 0 unspecified atom stereocenters. The fourth-order valence-corrected chi connectivity index (χ4v) is 2.47. The minimum absolute atomic E-state index is 0.618. The van der Waals surface area contributed by atoms with E-state index in [2.05, 4.69) is 59.5 Å². The smallest absolute Gasteiger partial charge is 0.0366 e. The molecule has 18 heavy (non-hydrogen) atoms. The van der Waals surface area contributed by atoms with Gasteiger partial charge in [-0.2, -0.15) is 0 Å². The second-order valence-corrected chi connectivity index (χ2v) is 4.88. The van der Waals surface area contributed by atoms with Crippen molar-refractivity contribution in [1.82, 2.24) is 0 Å². The first-order valence-corrected chi connectivity index (χ1v) is 6.46. The summed E-state index contributed by atoms with van der Waals surface area (Å²) in [5.74, 6) is 0.681. The van der Waals surface area contributed by atoms with Gasteiger partial charge in [-0.05, 0) is 23.3 Å². The van der Waals surface area contributed by atoms with Crippen LogP contribution < -0.4 is 10.6 Å². The van der Waals surface area contributed by atoms with E-state index in [9.17, 15) is 0 Å². The third-order valence-electron chi connectivity index (χ3n) is 3.69. The lowest BCUT2D eigenvalue weighted by Gasteiger charge is -2.41. The molecular weight excluding hydrogens is 220 g/mol. The Labute approximate surface area is 108 Å². The number of hydrogen-bond donors (Lipinski definition) is 1. The molecule has 0 bridgehead atoms. The van der Waals surface area contributed by atoms with E-state index in [-0.39, 0.29) is 0 Å². The van der Waals surface area contributed by atoms with Crippen molar-refractivity contribution in [2.75, 3.05) is 18.0 Å². The molecule has 2 N–H and O–H groups in total. The molecule has 3 rings (SSSR count). The standard InChI is InChI=1S/C16H18N2/c17-10-13-6-8-16(9-7-13)18-11-15(12-18)14-4-2-1-3-5-14/h1-9,15H,10-12,17H2. The molecular formula is C16H18N2. The molecule has 0 aromatic heterocycles. The van der Waals surface area contributed by atoms with Crippen molar-refractivity contribution >= 4 is 5.69 Å². The first-order chi connectivity index (χ1) is 8.86. The summed E-state index contributed by atoms with van der Waals surface area (Å²) in [6.07, 6.45) is 0. The van der Waals surface area contributed by atoms with Crippen LogP contribution in [0.3, 0.4) is 0 Å². The molecule has 1 aliphatic rings. The second-order valence-electron chi connectivity index (χ2n) is 4.88. The number of anilines is 1. The highest BCUT2D eigenvalue weighted by atomic mass is 15.2. The summed E-state index contributed by atoms with van der Waals surface area (Å²) in [5, 5.41) is 0. The molecule has 1 fully saturated rings. The fraction of sp³-hybridized carbons (Fsp3) is 0.250. The normalized spacial score (nSPS) is 15.5. The summed E-state index contributed by atoms with van der Waals surface area (Å²) in [6.45, 7) is 2.85. The Morgan fingerprint density at radius 1 is 0.944 bits per heavy atom. The maximum absolute atomic E-state index is 5.61. The van der Waals surface area contributed by atoms with Crippen LogP contribution in [-0.4, -0.2) is 13.1 Å². The summed E-state index contributed by atoms with van der Waals surface area (Å²) < 4.78 is 0. The summed E-state index contributed by atoms with van der Waals surface area (Å²) in [7, 11) is 0. The van der Waals surface area contributed by atoms with Crippen molar-refractivity contribution < 1.29 is 0 Å². The monoisotopic (exact) mass is 238 g/mol. The molecule has 1 heterocycles. The molecule has 1 saturated heterocycles. The van der Waals surface area contributed by atoms with Crippen LogP contribution in [0.1, 0.15) is 17.0 Å². The molecule has 92 valence electrons. The predicted molar refractivity (Wildman–Crippen MR) is 75.7 cm³/mol. The fourth-order valence-electron chi connectivity index (χ4n) is 2.47. The number of nitrogens with two attached hydrogens (primary N) is 1. The van der Waals surface area contributed by atoms with Crippen LogP contribution in [0, 0.1) is 0 Å². The minimum Gasteiger partial charge on any atom is -0.370 e. The summed E-state index contributed by atoms with van der Waals surface area (Å²) in [5.41, 5.74) is 9.56. The van der Waals surface area contributed by atoms with Crippen molar-refractivity contribution in [3.8, 4) is 0 Å². The van der Waals surface area contributed by atoms with Crippen molar-refractivity contribution in [3.05, 3.63) is 65.7 Å². The van der Waals surface area contributed by atoms with Crippen molar-refractivity contribution in [2.45, 2.75) is 12.5 Å². The molecule has 0 atom stereocenters. The zero-order chi connectivity index (χ0) is 12.4. The number of nitrogens with zero attached hydrogens (tertiary/aromatic N) is 1. The summed E-state index contributed by atoms with van der Waals surface area (Å²) >= 11 is 0. The molecule has 1 aliphatic heterocycles. The zero-order valence-electron chi connectivity index (χ0n) is 10.4. The molecule has 0 amide bonds. The molecule has 2 aromatic rings. The van der Waals surface area contributed by atoms with Gasteiger partial charge >= 0.3 is 0 Å². The van der Waals surface area contributed by atoms with Gasteiger partial charge in [-0.3, -0.25) is 0 Å². The Morgan fingerprint density at radius 2 is 1.61 bits per heavy atom. The molecule has 2 nitrogen and oxygen atoms in total. The van der Waals surface area contributed by atoms with E-state index in [0.717, 1.165) is 13.1 Å². The van der Waals surface area contributed by atoms with Crippen molar-refractivity contribution in [3.63, 3.8) is 0 Å². The van der Waals surface area contributed by atoms with Gasteiger partial charge in [-0.1, -0.05) is 42.5 Å². The van der Waals surface area contributed by atoms with Crippen LogP contribution in [0.15, 0.2) is 54.6 Å². The van der Waals surface area contributed by atoms with E-state index in [4.69, 9.17) is 5.73 Å². The Morgan fingerprint density at radius 3 is 2.22 bits per heavy atom. The van der Waals surface area contributed by atoms with Gasteiger partial charge in [-0.15, -0.1) is 0 Å². The highest BCUT2D eigenvalue weighted by Gasteiger charge is 2.27. The highest BCUT2D eigenvalue weighted by Crippen LogP contribution is 2.31. The van der Waals surface area contributed by atoms with Gasteiger partial charge in [0.25, 0.3) is 0 Å². The average Bonchev–Trinajstić information content (AvgIpc) is 2.39. The highest BCUT2D eigenvalue weighted by molar-refractivity contribution is 5.51. The van der Waals surface area contributed by atoms with Crippen molar-refractivity contribution in [2.24, 2.45) is 5.73 Å². The minimum atomic E-state index is 0.618. The maximum atomic E-state index is 5.61. The van der Waals surface area contributed by atoms with Gasteiger partial charge in [0.15, 0.2) is 0 Å². The van der Waals surface area contributed by atoms with Crippen LogP contribution in [-0.2, 0) is 6.54 Å². The number of benzene rings is 2. The Bertz CT molecular complexity index is 498. The van der Waals surface area contributed by atoms with Gasteiger partial charge in [0.05, 0.1) is 0 Å². The first-order valence-electron chi connectivity index (χ1n) is 6.46. The van der Waals surface area contributed by atoms with E-state index >= 15 is 0 Å². The molecule has 0 spiro atoms. The molecule has 0 saturated carbocycles. The van der Waals surface area contributed by atoms with Crippen LogP contribution in [0.25, 0.3) is 0 Å². The lowest BCUT2D eigenvalue weighted by atomic mass is 9.91. The maximum Gasteiger partial charge on any atom is 0.0366 e. The summed E-state index contributed by atoms with van der Waals surface area (Å²) in [6, 6.07) is 19.3. The number of hydrogen-bond acceptors (Lipinski definition) is 2. The third kappa shape index (κ3) is 2.12. The van der Waals surface area contributed by atoms with Crippen molar-refractivity contribution in [1.29, 1.82) is 0 Å². The third-order valence-corrected chi connectivity index (χ3v) is 3.69. The van der Waals surface area contributed by atoms with Crippen LogP contribution in [0.4, 0.5) is 5.69 Å². The quantitative estimate of drug-likeness (QED) is 0.891. The number of rotatable bonds is 3. The van der Waals surface area contributed by atoms with Gasteiger partial charge < -0.3 is 10.6 Å². The van der Waals surface area contributed by atoms with Crippen LogP contribution >= 0.6 is 0 Å².